The van der Waals surface area contributed by atoms with Gasteiger partial charge in [-0.25, -0.2) is 0 Å². The lowest BCUT2D eigenvalue weighted by atomic mass is 10.1. The van der Waals surface area contributed by atoms with Gasteiger partial charge in [0.05, 0.1) is 6.54 Å². The van der Waals surface area contributed by atoms with Crippen LogP contribution in [0.25, 0.3) is 0 Å². The van der Waals surface area contributed by atoms with Gasteiger partial charge in [0.15, 0.2) is 0 Å². The van der Waals surface area contributed by atoms with E-state index in [0.717, 1.165) is 17.0 Å². The Bertz CT molecular complexity index is 543. The molecule has 0 atom stereocenters. The Labute approximate surface area is 106 Å². The first-order valence-corrected chi connectivity index (χ1v) is 5.80. The number of amides is 1. The maximum atomic E-state index is 12.1. The molecule has 0 saturated carbocycles. The SMILES string of the molecule is Cc1ccc(C(=O)N(C)Cc2cc(C)on2)cc1. The lowest BCUT2D eigenvalue weighted by Crippen LogP contribution is -2.26. The molecular formula is C14H16N2O2. The van der Waals surface area contributed by atoms with Crippen LogP contribution in [0.4, 0.5) is 0 Å². The fraction of sp³-hybridized carbons (Fsp3) is 0.286. The van der Waals surface area contributed by atoms with Gasteiger partial charge < -0.3 is 9.42 Å². The van der Waals surface area contributed by atoms with Gasteiger partial charge in [-0.05, 0) is 26.0 Å². The molecule has 18 heavy (non-hydrogen) atoms. The summed E-state index contributed by atoms with van der Waals surface area (Å²) in [6, 6.07) is 9.37. The van der Waals surface area contributed by atoms with Crippen molar-refractivity contribution in [3.8, 4) is 0 Å². The number of benzene rings is 1. The number of aryl methyl sites for hydroxylation is 2. The highest BCUT2D eigenvalue weighted by Gasteiger charge is 2.13. The first-order valence-electron chi connectivity index (χ1n) is 5.80. The van der Waals surface area contributed by atoms with Crippen molar-refractivity contribution in [2.45, 2.75) is 20.4 Å². The number of rotatable bonds is 3. The molecular weight excluding hydrogens is 228 g/mol. The Morgan fingerprint density at radius 3 is 2.50 bits per heavy atom. The van der Waals surface area contributed by atoms with Gasteiger partial charge in [0.25, 0.3) is 5.91 Å². The molecule has 1 aromatic heterocycles. The second kappa shape index (κ2) is 5.04. The fourth-order valence-corrected chi connectivity index (χ4v) is 1.72. The van der Waals surface area contributed by atoms with E-state index in [2.05, 4.69) is 5.16 Å². The average Bonchev–Trinajstić information content (AvgIpc) is 2.75. The van der Waals surface area contributed by atoms with E-state index in [9.17, 15) is 4.79 Å². The van der Waals surface area contributed by atoms with Gasteiger partial charge in [0.1, 0.15) is 11.5 Å². The van der Waals surface area contributed by atoms with Gasteiger partial charge in [-0.3, -0.25) is 4.79 Å². The fourth-order valence-electron chi connectivity index (χ4n) is 1.72. The summed E-state index contributed by atoms with van der Waals surface area (Å²) in [4.78, 5) is 13.8. The normalized spacial score (nSPS) is 10.4. The van der Waals surface area contributed by atoms with E-state index in [1.165, 1.54) is 0 Å². The Morgan fingerprint density at radius 1 is 1.28 bits per heavy atom. The number of hydrogen-bond acceptors (Lipinski definition) is 3. The summed E-state index contributed by atoms with van der Waals surface area (Å²) in [6.45, 7) is 4.28. The molecule has 4 heteroatoms. The number of carbonyl (C=O) groups excluding carboxylic acids is 1. The third kappa shape index (κ3) is 2.77. The molecule has 1 aromatic carbocycles. The predicted molar refractivity (Wildman–Crippen MR) is 68.2 cm³/mol. The van der Waals surface area contributed by atoms with Crippen LogP contribution in [0.3, 0.4) is 0 Å². The van der Waals surface area contributed by atoms with Crippen LogP contribution in [0.5, 0.6) is 0 Å². The zero-order chi connectivity index (χ0) is 13.1. The van der Waals surface area contributed by atoms with E-state index < -0.39 is 0 Å². The highest BCUT2D eigenvalue weighted by molar-refractivity contribution is 5.94. The minimum absolute atomic E-state index is 0.0179. The van der Waals surface area contributed by atoms with E-state index >= 15 is 0 Å². The molecule has 1 amide bonds. The number of hydrogen-bond donors (Lipinski definition) is 0. The van der Waals surface area contributed by atoms with Crippen molar-refractivity contribution in [1.82, 2.24) is 10.1 Å². The Balaban J connectivity index is 2.07. The van der Waals surface area contributed by atoms with Crippen LogP contribution in [-0.2, 0) is 6.54 Å². The number of aromatic nitrogens is 1. The van der Waals surface area contributed by atoms with Crippen LogP contribution < -0.4 is 0 Å². The average molecular weight is 244 g/mol. The monoisotopic (exact) mass is 244 g/mol. The first-order chi connectivity index (χ1) is 8.56. The predicted octanol–water partition coefficient (Wildman–Crippen LogP) is 2.56. The zero-order valence-corrected chi connectivity index (χ0v) is 10.8. The van der Waals surface area contributed by atoms with Crippen LogP contribution in [0.15, 0.2) is 34.9 Å². The molecule has 0 aliphatic carbocycles. The Hall–Kier alpha value is -2.10. The smallest absolute Gasteiger partial charge is 0.253 e. The highest BCUT2D eigenvalue weighted by atomic mass is 16.5. The van der Waals surface area contributed by atoms with E-state index in [0.29, 0.717) is 12.1 Å². The van der Waals surface area contributed by atoms with Gasteiger partial charge in [-0.15, -0.1) is 0 Å². The number of nitrogens with zero attached hydrogens (tertiary/aromatic N) is 2. The molecule has 0 unspecified atom stereocenters. The van der Waals surface area contributed by atoms with Crippen molar-refractivity contribution >= 4 is 5.91 Å². The molecule has 1 heterocycles. The van der Waals surface area contributed by atoms with Crippen LogP contribution in [0, 0.1) is 13.8 Å². The van der Waals surface area contributed by atoms with Crippen molar-refractivity contribution in [1.29, 1.82) is 0 Å². The van der Waals surface area contributed by atoms with Crippen LogP contribution in [-0.4, -0.2) is 23.0 Å². The van der Waals surface area contributed by atoms with Crippen LogP contribution in [0.2, 0.25) is 0 Å². The first kappa shape index (κ1) is 12.4. The lowest BCUT2D eigenvalue weighted by Gasteiger charge is -2.15. The molecule has 94 valence electrons. The lowest BCUT2D eigenvalue weighted by molar-refractivity contribution is 0.0782. The molecule has 4 nitrogen and oxygen atoms in total. The van der Waals surface area contributed by atoms with Crippen molar-refractivity contribution in [2.75, 3.05) is 7.05 Å². The topological polar surface area (TPSA) is 46.3 Å². The Kier molecular flexibility index (Phi) is 3.46. The molecule has 0 aliphatic rings. The van der Waals surface area contributed by atoms with Gasteiger partial charge in [-0.1, -0.05) is 22.9 Å². The third-order valence-electron chi connectivity index (χ3n) is 2.72. The van der Waals surface area contributed by atoms with Gasteiger partial charge in [0, 0.05) is 18.7 Å². The van der Waals surface area contributed by atoms with Crippen molar-refractivity contribution in [2.24, 2.45) is 0 Å². The molecule has 2 aromatic rings. The van der Waals surface area contributed by atoms with Crippen LogP contribution in [0.1, 0.15) is 27.4 Å². The molecule has 0 N–H and O–H groups in total. The second-order valence-corrected chi connectivity index (χ2v) is 4.46. The Morgan fingerprint density at radius 2 is 1.94 bits per heavy atom. The quantitative estimate of drug-likeness (QED) is 0.833. The standard InChI is InChI=1S/C14H16N2O2/c1-10-4-6-12(7-5-10)14(17)16(3)9-13-8-11(2)18-15-13/h4-8H,9H2,1-3H3. The molecule has 0 aliphatic heterocycles. The minimum atomic E-state index is -0.0179. The van der Waals surface area contributed by atoms with Crippen LogP contribution >= 0.6 is 0 Å². The summed E-state index contributed by atoms with van der Waals surface area (Å²) in [7, 11) is 1.76. The number of carbonyl (C=O) groups is 1. The van der Waals surface area contributed by atoms with Gasteiger partial charge in [0.2, 0.25) is 0 Å². The van der Waals surface area contributed by atoms with Crippen molar-refractivity contribution in [3.63, 3.8) is 0 Å². The van der Waals surface area contributed by atoms with Gasteiger partial charge in [-0.2, -0.15) is 0 Å². The van der Waals surface area contributed by atoms with E-state index in [4.69, 9.17) is 4.52 Å². The molecule has 0 bridgehead atoms. The van der Waals surface area contributed by atoms with E-state index in [-0.39, 0.29) is 5.91 Å². The molecule has 0 radical (unpaired) electrons. The summed E-state index contributed by atoms with van der Waals surface area (Å²) in [6.07, 6.45) is 0. The molecule has 0 fully saturated rings. The maximum Gasteiger partial charge on any atom is 0.253 e. The second-order valence-electron chi connectivity index (χ2n) is 4.46. The van der Waals surface area contributed by atoms with E-state index in [1.54, 1.807) is 11.9 Å². The summed E-state index contributed by atoms with van der Waals surface area (Å²) < 4.78 is 4.98. The summed E-state index contributed by atoms with van der Waals surface area (Å²) in [5.41, 5.74) is 2.58. The molecule has 0 spiro atoms. The highest BCUT2D eigenvalue weighted by Crippen LogP contribution is 2.09. The largest absolute Gasteiger partial charge is 0.361 e. The molecule has 0 saturated heterocycles. The van der Waals surface area contributed by atoms with E-state index in [1.807, 2.05) is 44.2 Å². The van der Waals surface area contributed by atoms with Gasteiger partial charge >= 0.3 is 0 Å². The summed E-state index contributed by atoms with van der Waals surface area (Å²) >= 11 is 0. The summed E-state index contributed by atoms with van der Waals surface area (Å²) in [5.74, 6) is 0.733. The molecule has 2 rings (SSSR count). The zero-order valence-electron chi connectivity index (χ0n) is 10.8. The minimum Gasteiger partial charge on any atom is -0.361 e. The van der Waals surface area contributed by atoms with Crippen molar-refractivity contribution in [3.05, 3.63) is 52.9 Å². The third-order valence-corrected chi connectivity index (χ3v) is 2.72. The maximum absolute atomic E-state index is 12.1. The van der Waals surface area contributed by atoms with Crippen molar-refractivity contribution < 1.29 is 9.32 Å². The summed E-state index contributed by atoms with van der Waals surface area (Å²) in [5, 5.41) is 3.88.